The van der Waals surface area contributed by atoms with Crippen molar-refractivity contribution >= 4 is 34.6 Å². The molecule has 0 spiro atoms. The standard InChI is InChI=1S/C19H18O8/c1-11-10-14(26-17(24)8-6-15(20)21)12-4-2-3-5-13(12)19(11)27-18(25)9-7-16(22)23/h2-5,10H,6-9H2,1H3,(H,20,21)(H,22,23). The van der Waals surface area contributed by atoms with E-state index in [0.29, 0.717) is 16.3 Å². The molecule has 0 amide bonds. The van der Waals surface area contributed by atoms with Crippen molar-refractivity contribution in [1.29, 1.82) is 0 Å². The summed E-state index contributed by atoms with van der Waals surface area (Å²) >= 11 is 0. The number of ether oxygens (including phenoxy) is 2. The van der Waals surface area contributed by atoms with Crippen molar-refractivity contribution in [1.82, 2.24) is 0 Å². The molecule has 0 saturated carbocycles. The summed E-state index contributed by atoms with van der Waals surface area (Å²) in [5.74, 6) is -3.09. The average Bonchev–Trinajstić information content (AvgIpc) is 2.61. The van der Waals surface area contributed by atoms with E-state index in [2.05, 4.69) is 0 Å². The third-order valence-corrected chi connectivity index (χ3v) is 3.67. The molecule has 0 aliphatic carbocycles. The van der Waals surface area contributed by atoms with Crippen LogP contribution in [0.4, 0.5) is 0 Å². The van der Waals surface area contributed by atoms with E-state index in [0.717, 1.165) is 0 Å². The zero-order chi connectivity index (χ0) is 20.0. The van der Waals surface area contributed by atoms with Crippen LogP contribution in [0, 0.1) is 6.92 Å². The van der Waals surface area contributed by atoms with Crippen LogP contribution < -0.4 is 9.47 Å². The molecule has 142 valence electrons. The molecule has 0 aromatic heterocycles. The van der Waals surface area contributed by atoms with Crippen LogP contribution in [-0.2, 0) is 19.2 Å². The highest BCUT2D eigenvalue weighted by Gasteiger charge is 2.17. The zero-order valence-corrected chi connectivity index (χ0v) is 14.6. The van der Waals surface area contributed by atoms with Crippen molar-refractivity contribution in [2.45, 2.75) is 32.6 Å². The first kappa shape index (κ1) is 19.9. The highest BCUT2D eigenvalue weighted by atomic mass is 16.5. The minimum atomic E-state index is -1.10. The van der Waals surface area contributed by atoms with Gasteiger partial charge in [0.1, 0.15) is 11.5 Å². The van der Waals surface area contributed by atoms with Crippen LogP contribution in [-0.4, -0.2) is 34.1 Å². The first-order chi connectivity index (χ1) is 12.8. The van der Waals surface area contributed by atoms with Crippen LogP contribution in [0.1, 0.15) is 31.2 Å². The van der Waals surface area contributed by atoms with Gasteiger partial charge in [-0.15, -0.1) is 0 Å². The lowest BCUT2D eigenvalue weighted by Gasteiger charge is -2.14. The fraction of sp³-hybridized carbons (Fsp3) is 0.263. The summed E-state index contributed by atoms with van der Waals surface area (Å²) in [6.45, 7) is 1.65. The van der Waals surface area contributed by atoms with E-state index in [9.17, 15) is 19.2 Å². The molecule has 0 unspecified atom stereocenters. The van der Waals surface area contributed by atoms with Crippen molar-refractivity contribution in [3.63, 3.8) is 0 Å². The number of benzene rings is 2. The van der Waals surface area contributed by atoms with Crippen molar-refractivity contribution in [3.8, 4) is 11.5 Å². The lowest BCUT2D eigenvalue weighted by Crippen LogP contribution is -2.12. The van der Waals surface area contributed by atoms with Gasteiger partial charge in [0.25, 0.3) is 0 Å². The maximum atomic E-state index is 11.9. The highest BCUT2D eigenvalue weighted by molar-refractivity contribution is 5.97. The van der Waals surface area contributed by atoms with Gasteiger partial charge in [-0.25, -0.2) is 0 Å². The van der Waals surface area contributed by atoms with Crippen molar-refractivity contribution in [3.05, 3.63) is 35.9 Å². The summed E-state index contributed by atoms with van der Waals surface area (Å²) in [5.41, 5.74) is 0.512. The van der Waals surface area contributed by atoms with Crippen molar-refractivity contribution < 1.29 is 38.9 Å². The number of hydrogen-bond donors (Lipinski definition) is 2. The Bertz CT molecular complexity index is 900. The molecule has 0 aliphatic heterocycles. The molecule has 8 heteroatoms. The molecule has 0 saturated heterocycles. The van der Waals surface area contributed by atoms with Crippen molar-refractivity contribution in [2.24, 2.45) is 0 Å². The summed E-state index contributed by atoms with van der Waals surface area (Å²) in [6, 6.07) is 8.29. The Morgan fingerprint density at radius 2 is 1.33 bits per heavy atom. The van der Waals surface area contributed by atoms with Gasteiger partial charge in [0.05, 0.1) is 25.7 Å². The fourth-order valence-electron chi connectivity index (χ4n) is 2.42. The molecule has 2 rings (SSSR count). The number of carbonyl (C=O) groups is 4. The van der Waals surface area contributed by atoms with Gasteiger partial charge in [-0.3, -0.25) is 19.2 Å². The molecule has 0 fully saturated rings. The maximum absolute atomic E-state index is 11.9. The van der Waals surface area contributed by atoms with Crippen molar-refractivity contribution in [2.75, 3.05) is 0 Å². The largest absolute Gasteiger partial charge is 0.481 e. The Morgan fingerprint density at radius 3 is 1.89 bits per heavy atom. The number of fused-ring (bicyclic) bond motifs is 1. The second-order valence-corrected chi connectivity index (χ2v) is 5.80. The normalized spacial score (nSPS) is 10.4. The summed E-state index contributed by atoms with van der Waals surface area (Å²) in [7, 11) is 0. The van der Waals surface area contributed by atoms with Gasteiger partial charge >= 0.3 is 23.9 Å². The van der Waals surface area contributed by atoms with Crippen LogP contribution in [0.5, 0.6) is 11.5 Å². The Morgan fingerprint density at radius 1 is 0.815 bits per heavy atom. The second-order valence-electron chi connectivity index (χ2n) is 5.80. The Hall–Kier alpha value is -3.42. The first-order valence-corrected chi connectivity index (χ1v) is 8.15. The van der Waals surface area contributed by atoms with Gasteiger partial charge in [0.2, 0.25) is 0 Å². The molecular formula is C19H18O8. The van der Waals surface area contributed by atoms with E-state index in [-0.39, 0.29) is 37.2 Å². The molecule has 0 atom stereocenters. The fourth-order valence-corrected chi connectivity index (χ4v) is 2.42. The topological polar surface area (TPSA) is 127 Å². The molecule has 0 radical (unpaired) electrons. The monoisotopic (exact) mass is 374 g/mol. The summed E-state index contributed by atoms with van der Waals surface area (Å²) < 4.78 is 10.6. The minimum absolute atomic E-state index is 0.226. The summed E-state index contributed by atoms with van der Waals surface area (Å²) in [5, 5.41) is 18.3. The lowest BCUT2D eigenvalue weighted by atomic mass is 10.0. The summed E-state index contributed by atoms with van der Waals surface area (Å²) in [4.78, 5) is 44.9. The molecule has 0 heterocycles. The predicted octanol–water partition coefficient (Wildman–Crippen LogP) is 2.69. The highest BCUT2D eigenvalue weighted by Crippen LogP contribution is 2.37. The van der Waals surface area contributed by atoms with Crippen LogP contribution in [0.3, 0.4) is 0 Å². The molecular weight excluding hydrogens is 356 g/mol. The predicted molar refractivity (Wildman–Crippen MR) is 93.7 cm³/mol. The van der Waals surface area contributed by atoms with E-state index < -0.39 is 23.9 Å². The van der Waals surface area contributed by atoms with E-state index in [4.69, 9.17) is 19.7 Å². The van der Waals surface area contributed by atoms with E-state index in [1.165, 1.54) is 6.07 Å². The molecule has 8 nitrogen and oxygen atoms in total. The van der Waals surface area contributed by atoms with E-state index in [1.807, 2.05) is 0 Å². The number of aryl methyl sites for hydroxylation is 1. The Balaban J connectivity index is 2.30. The third-order valence-electron chi connectivity index (χ3n) is 3.67. The number of aliphatic carboxylic acids is 2. The molecule has 0 aliphatic rings. The molecule has 27 heavy (non-hydrogen) atoms. The van der Waals surface area contributed by atoms with Gasteiger partial charge < -0.3 is 19.7 Å². The molecule has 2 aromatic carbocycles. The first-order valence-electron chi connectivity index (χ1n) is 8.15. The SMILES string of the molecule is Cc1cc(OC(=O)CCC(=O)O)c2ccccc2c1OC(=O)CCC(=O)O. The van der Waals surface area contributed by atoms with E-state index >= 15 is 0 Å². The quantitative estimate of drug-likeness (QED) is 0.533. The molecule has 2 aromatic rings. The van der Waals surface area contributed by atoms with Crippen LogP contribution in [0.2, 0.25) is 0 Å². The molecule has 0 bridgehead atoms. The number of hydrogen-bond acceptors (Lipinski definition) is 6. The lowest BCUT2D eigenvalue weighted by molar-refractivity contribution is -0.142. The second kappa shape index (κ2) is 8.79. The Labute approximate surface area is 154 Å². The number of rotatable bonds is 8. The van der Waals surface area contributed by atoms with Gasteiger partial charge in [-0.05, 0) is 18.6 Å². The smallest absolute Gasteiger partial charge is 0.311 e. The minimum Gasteiger partial charge on any atom is -0.481 e. The summed E-state index contributed by atoms with van der Waals surface area (Å²) in [6.07, 6.45) is -1.21. The van der Waals surface area contributed by atoms with E-state index in [1.54, 1.807) is 31.2 Å². The number of esters is 2. The number of carboxylic acid groups (broad SMARTS) is 2. The molecule has 2 N–H and O–H groups in total. The van der Waals surface area contributed by atoms with Gasteiger partial charge in [-0.2, -0.15) is 0 Å². The average molecular weight is 374 g/mol. The number of carbonyl (C=O) groups excluding carboxylic acids is 2. The number of carboxylic acids is 2. The van der Waals surface area contributed by atoms with Gasteiger partial charge in [0.15, 0.2) is 0 Å². The third kappa shape index (κ3) is 5.53. The van der Waals surface area contributed by atoms with Crippen LogP contribution in [0.15, 0.2) is 30.3 Å². The Kier molecular flexibility index (Phi) is 6.48. The maximum Gasteiger partial charge on any atom is 0.311 e. The zero-order valence-electron chi connectivity index (χ0n) is 14.6. The van der Waals surface area contributed by atoms with Gasteiger partial charge in [-0.1, -0.05) is 24.3 Å². The van der Waals surface area contributed by atoms with Gasteiger partial charge in [0, 0.05) is 10.8 Å². The van der Waals surface area contributed by atoms with Crippen LogP contribution >= 0.6 is 0 Å². The van der Waals surface area contributed by atoms with Crippen LogP contribution in [0.25, 0.3) is 10.8 Å².